The van der Waals surface area contributed by atoms with Gasteiger partial charge in [0.25, 0.3) is 0 Å². The van der Waals surface area contributed by atoms with Gasteiger partial charge in [-0.25, -0.2) is 0 Å². The van der Waals surface area contributed by atoms with E-state index in [9.17, 15) is 5.11 Å². The zero-order chi connectivity index (χ0) is 14.9. The van der Waals surface area contributed by atoms with Crippen LogP contribution in [0.5, 0.6) is 5.75 Å². The van der Waals surface area contributed by atoms with E-state index in [1.807, 2.05) is 56.3 Å². The van der Waals surface area contributed by atoms with Crippen LogP contribution in [0.1, 0.15) is 31.0 Å². The molecule has 0 radical (unpaired) electrons. The first-order chi connectivity index (χ1) is 10.1. The van der Waals surface area contributed by atoms with Gasteiger partial charge in [0.1, 0.15) is 17.5 Å². The Bertz CT molecular complexity index is 610. The average molecular weight is 283 g/mol. The Morgan fingerprint density at radius 1 is 1.05 bits per heavy atom. The summed E-state index contributed by atoms with van der Waals surface area (Å²) in [5.74, 6) is 0.846. The van der Waals surface area contributed by atoms with Crippen molar-refractivity contribution >= 4 is 0 Å². The lowest BCUT2D eigenvalue weighted by Crippen LogP contribution is -2.52. The molecule has 3 nitrogen and oxygen atoms in total. The molecule has 0 saturated heterocycles. The van der Waals surface area contributed by atoms with E-state index in [0.29, 0.717) is 6.54 Å². The Morgan fingerprint density at radius 3 is 2.48 bits per heavy atom. The molecule has 21 heavy (non-hydrogen) atoms. The first-order valence-corrected chi connectivity index (χ1v) is 7.31. The predicted molar refractivity (Wildman–Crippen MR) is 83.2 cm³/mol. The number of hydrogen-bond donors (Lipinski definition) is 2. The Labute approximate surface area is 125 Å². The van der Waals surface area contributed by atoms with Crippen LogP contribution in [0.3, 0.4) is 0 Å². The van der Waals surface area contributed by atoms with Gasteiger partial charge in [-0.1, -0.05) is 48.5 Å². The van der Waals surface area contributed by atoms with Crippen molar-refractivity contribution < 1.29 is 9.84 Å². The lowest BCUT2D eigenvalue weighted by Gasteiger charge is -2.42. The highest BCUT2D eigenvalue weighted by Crippen LogP contribution is 2.39. The molecule has 0 aromatic heterocycles. The van der Waals surface area contributed by atoms with E-state index in [0.717, 1.165) is 11.3 Å². The fourth-order valence-corrected chi connectivity index (χ4v) is 2.79. The summed E-state index contributed by atoms with van der Waals surface area (Å²) in [6.07, 6.45) is -0.601. The van der Waals surface area contributed by atoms with Crippen molar-refractivity contribution in [3.8, 4) is 5.75 Å². The van der Waals surface area contributed by atoms with Gasteiger partial charge in [0, 0.05) is 12.1 Å². The van der Waals surface area contributed by atoms with Crippen LogP contribution in [0.4, 0.5) is 0 Å². The molecule has 0 bridgehead atoms. The molecular formula is C18H21NO2. The minimum Gasteiger partial charge on any atom is -0.485 e. The minimum absolute atomic E-state index is 0.134. The Morgan fingerprint density at radius 2 is 1.71 bits per heavy atom. The van der Waals surface area contributed by atoms with Crippen LogP contribution in [0.2, 0.25) is 0 Å². The monoisotopic (exact) mass is 283 g/mol. The number of rotatable bonds is 3. The van der Waals surface area contributed by atoms with Crippen LogP contribution in [0.15, 0.2) is 54.6 Å². The predicted octanol–water partition coefficient (Wildman–Crippen LogP) is 3.05. The van der Waals surface area contributed by atoms with E-state index in [1.54, 1.807) is 0 Å². The lowest BCUT2D eigenvalue weighted by molar-refractivity contribution is -0.0648. The highest BCUT2D eigenvalue weighted by Gasteiger charge is 2.42. The fraction of sp³-hybridized carbons (Fsp3) is 0.333. The zero-order valence-corrected chi connectivity index (χ0v) is 12.4. The van der Waals surface area contributed by atoms with E-state index < -0.39 is 11.7 Å². The molecule has 3 rings (SSSR count). The van der Waals surface area contributed by atoms with Gasteiger partial charge in [-0.05, 0) is 25.5 Å². The summed E-state index contributed by atoms with van der Waals surface area (Å²) < 4.78 is 5.92. The maximum Gasteiger partial charge on any atom is 0.131 e. The molecular weight excluding hydrogens is 262 g/mol. The maximum absolute atomic E-state index is 10.6. The van der Waals surface area contributed by atoms with Crippen molar-refractivity contribution in [2.24, 2.45) is 0 Å². The number of aliphatic hydroxyl groups is 1. The normalized spacial score (nSPS) is 23.2. The Hall–Kier alpha value is -1.84. The summed E-state index contributed by atoms with van der Waals surface area (Å²) in [6.45, 7) is 4.56. The van der Waals surface area contributed by atoms with E-state index in [4.69, 9.17) is 4.74 Å². The molecule has 0 amide bonds. The molecule has 2 aromatic carbocycles. The van der Waals surface area contributed by atoms with Crippen molar-refractivity contribution in [1.29, 1.82) is 0 Å². The molecule has 0 spiro atoms. The average Bonchev–Trinajstić information content (AvgIpc) is 2.48. The summed E-state index contributed by atoms with van der Waals surface area (Å²) >= 11 is 0. The topological polar surface area (TPSA) is 41.5 Å². The molecule has 2 aromatic rings. The number of nitrogens with one attached hydrogen (secondary N) is 1. The van der Waals surface area contributed by atoms with Gasteiger partial charge in [-0.2, -0.15) is 0 Å². The maximum atomic E-state index is 10.6. The standard InChI is InChI=1S/C18H21NO2/c1-18(2)17(20)16(14-10-6-7-11-15(14)21-18)19-12-13-8-4-3-5-9-13/h3-11,16-17,19-20H,12H2,1-2H3. The highest BCUT2D eigenvalue weighted by atomic mass is 16.5. The van der Waals surface area contributed by atoms with Gasteiger partial charge >= 0.3 is 0 Å². The van der Waals surface area contributed by atoms with Crippen LogP contribution in [-0.4, -0.2) is 16.8 Å². The third-order valence-electron chi connectivity index (χ3n) is 4.02. The summed E-state index contributed by atoms with van der Waals surface area (Å²) in [5.41, 5.74) is 1.61. The molecule has 2 N–H and O–H groups in total. The van der Waals surface area contributed by atoms with E-state index in [-0.39, 0.29) is 6.04 Å². The number of para-hydroxylation sites is 1. The number of benzene rings is 2. The van der Waals surface area contributed by atoms with Gasteiger partial charge in [0.2, 0.25) is 0 Å². The van der Waals surface area contributed by atoms with Gasteiger partial charge in [0.15, 0.2) is 0 Å². The van der Waals surface area contributed by atoms with E-state index in [1.165, 1.54) is 5.56 Å². The molecule has 2 unspecified atom stereocenters. The first kappa shape index (κ1) is 14.1. The molecule has 1 aliphatic heterocycles. The van der Waals surface area contributed by atoms with Gasteiger partial charge < -0.3 is 15.2 Å². The quantitative estimate of drug-likeness (QED) is 0.909. The van der Waals surface area contributed by atoms with Crippen molar-refractivity contribution in [3.63, 3.8) is 0 Å². The van der Waals surface area contributed by atoms with E-state index in [2.05, 4.69) is 17.4 Å². The van der Waals surface area contributed by atoms with Crippen LogP contribution in [0, 0.1) is 0 Å². The summed E-state index contributed by atoms with van der Waals surface area (Å²) in [4.78, 5) is 0. The van der Waals surface area contributed by atoms with Crippen molar-refractivity contribution in [2.75, 3.05) is 0 Å². The summed E-state index contributed by atoms with van der Waals surface area (Å²) in [6, 6.07) is 18.0. The molecule has 0 saturated carbocycles. The highest BCUT2D eigenvalue weighted by molar-refractivity contribution is 5.40. The number of aliphatic hydroxyl groups excluding tert-OH is 1. The van der Waals surface area contributed by atoms with Crippen LogP contribution in [0.25, 0.3) is 0 Å². The number of hydrogen-bond acceptors (Lipinski definition) is 3. The van der Waals surface area contributed by atoms with Crippen LogP contribution < -0.4 is 10.1 Å². The third kappa shape index (κ3) is 2.80. The smallest absolute Gasteiger partial charge is 0.131 e. The van der Waals surface area contributed by atoms with Gasteiger partial charge in [-0.15, -0.1) is 0 Å². The number of ether oxygens (including phenoxy) is 1. The second-order valence-corrected chi connectivity index (χ2v) is 6.03. The molecule has 1 heterocycles. The largest absolute Gasteiger partial charge is 0.485 e. The summed E-state index contributed by atoms with van der Waals surface area (Å²) in [7, 11) is 0. The van der Waals surface area contributed by atoms with Gasteiger partial charge in [-0.3, -0.25) is 0 Å². The Kier molecular flexibility index (Phi) is 3.70. The molecule has 110 valence electrons. The van der Waals surface area contributed by atoms with Crippen molar-refractivity contribution in [2.45, 2.75) is 38.1 Å². The van der Waals surface area contributed by atoms with E-state index >= 15 is 0 Å². The molecule has 1 aliphatic rings. The van der Waals surface area contributed by atoms with Crippen LogP contribution >= 0.6 is 0 Å². The SMILES string of the molecule is CC1(C)Oc2ccccc2C(NCc2ccccc2)C1O. The van der Waals surface area contributed by atoms with Crippen molar-refractivity contribution in [3.05, 3.63) is 65.7 Å². The van der Waals surface area contributed by atoms with Gasteiger partial charge in [0.05, 0.1) is 6.04 Å². The molecule has 3 heteroatoms. The number of fused-ring (bicyclic) bond motifs is 1. The third-order valence-corrected chi connectivity index (χ3v) is 4.02. The van der Waals surface area contributed by atoms with Crippen LogP contribution in [-0.2, 0) is 6.54 Å². The second-order valence-electron chi connectivity index (χ2n) is 6.03. The molecule has 0 fully saturated rings. The summed E-state index contributed by atoms with van der Waals surface area (Å²) in [5, 5.41) is 14.1. The minimum atomic E-state index is -0.608. The van der Waals surface area contributed by atoms with Crippen molar-refractivity contribution in [1.82, 2.24) is 5.32 Å². The Balaban J connectivity index is 1.85. The molecule has 0 aliphatic carbocycles. The zero-order valence-electron chi connectivity index (χ0n) is 12.4. The first-order valence-electron chi connectivity index (χ1n) is 7.31. The molecule has 2 atom stereocenters. The lowest BCUT2D eigenvalue weighted by atomic mass is 9.86. The fourth-order valence-electron chi connectivity index (χ4n) is 2.79. The second kappa shape index (κ2) is 5.51.